The predicted octanol–water partition coefficient (Wildman–Crippen LogP) is 0.274. The van der Waals surface area contributed by atoms with Crippen molar-refractivity contribution >= 4 is 5.91 Å². The molecule has 0 bridgehead atoms. The summed E-state index contributed by atoms with van der Waals surface area (Å²) >= 11 is 0. The van der Waals surface area contributed by atoms with Crippen molar-refractivity contribution in [3.05, 3.63) is 18.0 Å². The molecule has 0 saturated carbocycles. The van der Waals surface area contributed by atoms with Crippen LogP contribution >= 0.6 is 0 Å². The van der Waals surface area contributed by atoms with Gasteiger partial charge in [0.1, 0.15) is 12.0 Å². The van der Waals surface area contributed by atoms with Crippen molar-refractivity contribution in [3.8, 4) is 0 Å². The zero-order chi connectivity index (χ0) is 10.6. The van der Waals surface area contributed by atoms with Gasteiger partial charge in [-0.1, -0.05) is 19.0 Å². The minimum absolute atomic E-state index is 0.132. The van der Waals surface area contributed by atoms with E-state index in [0.29, 0.717) is 12.2 Å². The van der Waals surface area contributed by atoms with E-state index in [0.717, 1.165) is 0 Å². The Kier molecular flexibility index (Phi) is 3.64. The van der Waals surface area contributed by atoms with Gasteiger partial charge in [0.2, 0.25) is 5.91 Å². The maximum absolute atomic E-state index is 11.4. The van der Waals surface area contributed by atoms with Gasteiger partial charge in [-0.15, -0.1) is 0 Å². The highest BCUT2D eigenvalue weighted by Gasteiger charge is 2.16. The molecule has 1 unspecified atom stereocenters. The number of amides is 1. The van der Waals surface area contributed by atoms with E-state index in [1.165, 1.54) is 6.26 Å². The number of carbonyl (C=O) groups excluding carboxylic acids is 1. The highest BCUT2D eigenvalue weighted by atomic mass is 16.5. The number of nitrogens with two attached hydrogens (primary N) is 1. The molecule has 14 heavy (non-hydrogen) atoms. The Morgan fingerprint density at radius 3 is 2.93 bits per heavy atom. The average molecular weight is 197 g/mol. The van der Waals surface area contributed by atoms with Crippen molar-refractivity contribution in [2.75, 3.05) is 0 Å². The lowest BCUT2D eigenvalue weighted by Crippen LogP contribution is -2.43. The maximum Gasteiger partial charge on any atom is 0.237 e. The molecule has 0 aliphatic carbocycles. The van der Waals surface area contributed by atoms with E-state index in [-0.39, 0.29) is 11.8 Å². The normalized spacial score (nSPS) is 12.9. The van der Waals surface area contributed by atoms with Gasteiger partial charge in [0.25, 0.3) is 0 Å². The highest BCUT2D eigenvalue weighted by Crippen LogP contribution is 1.99. The zero-order valence-corrected chi connectivity index (χ0v) is 8.36. The van der Waals surface area contributed by atoms with Gasteiger partial charge in [0, 0.05) is 6.07 Å². The lowest BCUT2D eigenvalue weighted by molar-refractivity contribution is -0.123. The first-order valence-corrected chi connectivity index (χ1v) is 4.54. The maximum atomic E-state index is 11.4. The van der Waals surface area contributed by atoms with E-state index in [2.05, 4.69) is 15.0 Å². The van der Waals surface area contributed by atoms with E-state index >= 15 is 0 Å². The van der Waals surface area contributed by atoms with Crippen LogP contribution in [-0.4, -0.2) is 17.1 Å². The molecule has 78 valence electrons. The van der Waals surface area contributed by atoms with Crippen LogP contribution in [0.5, 0.6) is 0 Å². The second-order valence-corrected chi connectivity index (χ2v) is 3.48. The minimum Gasteiger partial charge on any atom is -0.364 e. The monoisotopic (exact) mass is 197 g/mol. The Morgan fingerprint density at radius 2 is 2.43 bits per heavy atom. The van der Waals surface area contributed by atoms with Crippen molar-refractivity contribution in [3.63, 3.8) is 0 Å². The van der Waals surface area contributed by atoms with Gasteiger partial charge < -0.3 is 15.6 Å². The molecule has 0 fully saturated rings. The Hall–Kier alpha value is -1.36. The second-order valence-electron chi connectivity index (χ2n) is 3.48. The number of nitrogens with one attached hydrogen (secondary N) is 1. The number of hydrogen-bond acceptors (Lipinski definition) is 4. The van der Waals surface area contributed by atoms with Gasteiger partial charge in [-0.2, -0.15) is 0 Å². The third-order valence-corrected chi connectivity index (χ3v) is 1.96. The molecule has 5 heteroatoms. The summed E-state index contributed by atoms with van der Waals surface area (Å²) in [6, 6.07) is 1.23. The first-order valence-electron chi connectivity index (χ1n) is 4.54. The lowest BCUT2D eigenvalue weighted by atomic mass is 10.1. The number of nitrogens with zero attached hydrogens (tertiary/aromatic N) is 1. The molecule has 3 N–H and O–H groups in total. The fourth-order valence-electron chi connectivity index (χ4n) is 0.927. The molecular weight excluding hydrogens is 182 g/mol. The number of hydrogen-bond donors (Lipinski definition) is 2. The fourth-order valence-corrected chi connectivity index (χ4v) is 0.927. The van der Waals surface area contributed by atoms with Crippen LogP contribution in [0.3, 0.4) is 0 Å². The number of carbonyl (C=O) groups is 1. The Labute approximate surface area is 82.6 Å². The van der Waals surface area contributed by atoms with Crippen molar-refractivity contribution < 1.29 is 9.32 Å². The summed E-state index contributed by atoms with van der Waals surface area (Å²) in [4.78, 5) is 11.4. The molecule has 1 amide bonds. The fraction of sp³-hybridized carbons (Fsp3) is 0.556. The molecule has 0 aliphatic rings. The van der Waals surface area contributed by atoms with Gasteiger partial charge in [0.05, 0.1) is 12.6 Å². The molecule has 0 aromatic carbocycles. The van der Waals surface area contributed by atoms with E-state index in [1.54, 1.807) is 6.07 Å². The number of aromatic nitrogens is 1. The SMILES string of the molecule is CC(C)C(N)C(=O)NCc1ccon1. The molecule has 5 nitrogen and oxygen atoms in total. The van der Waals surface area contributed by atoms with E-state index in [4.69, 9.17) is 5.73 Å². The summed E-state index contributed by atoms with van der Waals surface area (Å²) in [6.45, 7) is 4.16. The summed E-state index contributed by atoms with van der Waals surface area (Å²) in [7, 11) is 0. The minimum atomic E-state index is -0.470. The quantitative estimate of drug-likeness (QED) is 0.726. The second kappa shape index (κ2) is 4.76. The Balaban J connectivity index is 2.35. The van der Waals surface area contributed by atoms with Crippen molar-refractivity contribution in [1.29, 1.82) is 0 Å². The molecule has 0 spiro atoms. The molecule has 0 aliphatic heterocycles. The van der Waals surface area contributed by atoms with Crippen LogP contribution in [0.1, 0.15) is 19.5 Å². The van der Waals surface area contributed by atoms with Crippen LogP contribution in [-0.2, 0) is 11.3 Å². The molecule has 1 aromatic rings. The smallest absolute Gasteiger partial charge is 0.237 e. The number of rotatable bonds is 4. The lowest BCUT2D eigenvalue weighted by Gasteiger charge is -2.14. The summed E-state index contributed by atoms with van der Waals surface area (Å²) < 4.78 is 4.62. The first kappa shape index (κ1) is 10.7. The summed E-state index contributed by atoms with van der Waals surface area (Å²) in [5, 5.41) is 6.34. The molecule has 0 saturated heterocycles. The molecule has 1 aromatic heterocycles. The highest BCUT2D eigenvalue weighted by molar-refractivity contribution is 5.81. The Morgan fingerprint density at radius 1 is 1.71 bits per heavy atom. The molecule has 0 radical (unpaired) electrons. The van der Waals surface area contributed by atoms with E-state index < -0.39 is 6.04 Å². The Bertz CT molecular complexity index is 282. The van der Waals surface area contributed by atoms with Crippen LogP contribution in [0.15, 0.2) is 16.9 Å². The predicted molar refractivity (Wildman–Crippen MR) is 51.2 cm³/mol. The van der Waals surface area contributed by atoms with Crippen molar-refractivity contribution in [2.45, 2.75) is 26.4 Å². The van der Waals surface area contributed by atoms with Gasteiger partial charge in [-0.3, -0.25) is 4.79 Å². The van der Waals surface area contributed by atoms with Crippen LogP contribution in [0, 0.1) is 5.92 Å². The van der Waals surface area contributed by atoms with Gasteiger partial charge >= 0.3 is 0 Å². The van der Waals surface area contributed by atoms with Crippen molar-refractivity contribution in [2.24, 2.45) is 11.7 Å². The largest absolute Gasteiger partial charge is 0.364 e. The van der Waals surface area contributed by atoms with Gasteiger partial charge in [-0.25, -0.2) is 0 Å². The summed E-state index contributed by atoms with van der Waals surface area (Å²) in [6.07, 6.45) is 1.46. The van der Waals surface area contributed by atoms with Crippen molar-refractivity contribution in [1.82, 2.24) is 10.5 Å². The average Bonchev–Trinajstić information content (AvgIpc) is 2.65. The summed E-state index contributed by atoms with van der Waals surface area (Å²) in [5.74, 6) is -0.0321. The topological polar surface area (TPSA) is 81.2 Å². The van der Waals surface area contributed by atoms with E-state index in [1.807, 2.05) is 13.8 Å². The van der Waals surface area contributed by atoms with Crippen LogP contribution < -0.4 is 11.1 Å². The third-order valence-electron chi connectivity index (χ3n) is 1.96. The molecular formula is C9H15N3O2. The van der Waals surface area contributed by atoms with Crippen LogP contribution in [0.2, 0.25) is 0 Å². The van der Waals surface area contributed by atoms with Gasteiger partial charge in [-0.05, 0) is 5.92 Å². The van der Waals surface area contributed by atoms with Crippen LogP contribution in [0.25, 0.3) is 0 Å². The van der Waals surface area contributed by atoms with E-state index in [9.17, 15) is 4.79 Å². The first-order chi connectivity index (χ1) is 6.61. The van der Waals surface area contributed by atoms with Gasteiger partial charge in [0.15, 0.2) is 0 Å². The molecule has 1 atom stereocenters. The van der Waals surface area contributed by atoms with Crippen LogP contribution in [0.4, 0.5) is 0 Å². The zero-order valence-electron chi connectivity index (χ0n) is 8.36. The summed E-state index contributed by atoms with van der Waals surface area (Å²) in [5.41, 5.74) is 6.33. The molecule has 1 rings (SSSR count). The standard InChI is InChI=1S/C9H15N3O2/c1-6(2)8(10)9(13)11-5-7-3-4-14-12-7/h3-4,6,8H,5,10H2,1-2H3,(H,11,13). The third kappa shape index (κ3) is 2.85. The molecule has 1 heterocycles.